The number of hydrogen-bond acceptors (Lipinski definition) is 0. The van der Waals surface area contributed by atoms with Crippen LogP contribution in [0.15, 0.2) is 0 Å². The second kappa shape index (κ2) is 4.05. The summed E-state index contributed by atoms with van der Waals surface area (Å²) in [6, 6.07) is 0. The zero-order chi connectivity index (χ0) is 14.2. The van der Waals surface area contributed by atoms with Crippen molar-refractivity contribution in [3.8, 4) is 0 Å². The van der Waals surface area contributed by atoms with Gasteiger partial charge < -0.3 is 0 Å². The third-order valence-corrected chi connectivity index (χ3v) is 8.77. The van der Waals surface area contributed by atoms with Gasteiger partial charge in [-0.2, -0.15) is 0 Å². The van der Waals surface area contributed by atoms with E-state index in [4.69, 9.17) is 0 Å². The first kappa shape index (κ1) is 13.6. The van der Waals surface area contributed by atoms with E-state index in [1.54, 1.807) is 38.5 Å². The van der Waals surface area contributed by atoms with Gasteiger partial charge in [0.1, 0.15) is 0 Å². The summed E-state index contributed by atoms with van der Waals surface area (Å²) in [5.41, 5.74) is 2.06. The molecule has 0 saturated heterocycles. The van der Waals surface area contributed by atoms with E-state index in [1.165, 1.54) is 19.3 Å². The van der Waals surface area contributed by atoms with Crippen molar-refractivity contribution in [2.24, 2.45) is 39.9 Å². The van der Waals surface area contributed by atoms with Gasteiger partial charge in [-0.25, -0.2) is 0 Å². The molecule has 4 fully saturated rings. The van der Waals surface area contributed by atoms with Gasteiger partial charge in [-0.05, 0) is 91.3 Å². The predicted octanol–water partition coefficient (Wildman–Crippen LogP) is 6.06. The van der Waals surface area contributed by atoms with E-state index in [-0.39, 0.29) is 0 Å². The normalized spacial score (nSPS) is 57.0. The molecule has 2 bridgehead atoms. The number of fused-ring (bicyclic) bond motifs is 3. The van der Waals surface area contributed by atoms with Gasteiger partial charge >= 0.3 is 0 Å². The van der Waals surface area contributed by atoms with Gasteiger partial charge in [-0.3, -0.25) is 0 Å². The van der Waals surface area contributed by atoms with Gasteiger partial charge in [0, 0.05) is 0 Å². The molecule has 1 unspecified atom stereocenters. The van der Waals surface area contributed by atoms with E-state index in [0.29, 0.717) is 10.8 Å². The third-order valence-electron chi connectivity index (χ3n) is 8.77. The van der Waals surface area contributed by atoms with Crippen LogP contribution in [0.3, 0.4) is 0 Å². The van der Waals surface area contributed by atoms with Crippen LogP contribution in [0.1, 0.15) is 85.5 Å². The van der Waals surface area contributed by atoms with Crippen LogP contribution in [0.2, 0.25) is 0 Å². The smallest absolute Gasteiger partial charge is 0.0258 e. The highest BCUT2D eigenvalue weighted by atomic mass is 14.7. The first-order chi connectivity index (χ1) is 9.37. The molecule has 4 rings (SSSR count). The SMILES string of the molecule is C[C@@H]1CC23CC[C@H]4C(C)(C)CCC[C@]4(C)[C@H]2CC[C@@H]1C3. The van der Waals surface area contributed by atoms with E-state index in [0.717, 1.165) is 29.1 Å². The molecule has 0 heteroatoms. The molecule has 0 aromatic rings. The summed E-state index contributed by atoms with van der Waals surface area (Å²) in [6.45, 7) is 10.4. The summed E-state index contributed by atoms with van der Waals surface area (Å²) in [4.78, 5) is 0. The van der Waals surface area contributed by atoms with Gasteiger partial charge in [0.05, 0.1) is 0 Å². The molecule has 20 heavy (non-hydrogen) atoms. The molecule has 0 N–H and O–H groups in total. The molecular weight excluding hydrogens is 240 g/mol. The minimum absolute atomic E-state index is 0.607. The minimum atomic E-state index is 0.607. The lowest BCUT2D eigenvalue weighted by atomic mass is 9.41. The molecule has 4 aliphatic rings. The quantitative estimate of drug-likeness (QED) is 0.504. The second-order valence-corrected chi connectivity index (χ2v) is 10.1. The van der Waals surface area contributed by atoms with Crippen molar-refractivity contribution in [2.45, 2.75) is 85.5 Å². The molecule has 0 heterocycles. The van der Waals surface area contributed by atoms with Crippen molar-refractivity contribution >= 4 is 0 Å². The monoisotopic (exact) mass is 274 g/mol. The zero-order valence-electron chi connectivity index (χ0n) is 14.2. The summed E-state index contributed by atoms with van der Waals surface area (Å²) >= 11 is 0. The Morgan fingerprint density at radius 1 is 0.800 bits per heavy atom. The molecule has 0 aliphatic heterocycles. The van der Waals surface area contributed by atoms with Gasteiger partial charge in [0.25, 0.3) is 0 Å². The lowest BCUT2D eigenvalue weighted by molar-refractivity contribution is -0.144. The second-order valence-electron chi connectivity index (χ2n) is 10.1. The summed E-state index contributed by atoms with van der Waals surface area (Å²) in [5.74, 6) is 4.18. The fourth-order valence-corrected chi connectivity index (χ4v) is 8.12. The van der Waals surface area contributed by atoms with Gasteiger partial charge in [-0.15, -0.1) is 0 Å². The van der Waals surface area contributed by atoms with Crippen molar-refractivity contribution in [2.75, 3.05) is 0 Å². The molecule has 4 aliphatic carbocycles. The molecule has 0 aromatic heterocycles. The van der Waals surface area contributed by atoms with E-state index < -0.39 is 0 Å². The van der Waals surface area contributed by atoms with Gasteiger partial charge in [-0.1, -0.05) is 34.1 Å². The maximum absolute atomic E-state index is 2.72. The van der Waals surface area contributed by atoms with Crippen molar-refractivity contribution in [3.05, 3.63) is 0 Å². The Balaban J connectivity index is 1.72. The Morgan fingerprint density at radius 3 is 2.40 bits per heavy atom. The van der Waals surface area contributed by atoms with Crippen molar-refractivity contribution < 1.29 is 0 Å². The van der Waals surface area contributed by atoms with Gasteiger partial charge in [0.2, 0.25) is 0 Å². The Morgan fingerprint density at radius 2 is 1.60 bits per heavy atom. The Bertz CT molecular complexity index is 404. The third kappa shape index (κ3) is 1.60. The highest BCUT2D eigenvalue weighted by Crippen LogP contribution is 2.72. The lowest BCUT2D eigenvalue weighted by Gasteiger charge is -2.64. The molecule has 114 valence electrons. The first-order valence-electron chi connectivity index (χ1n) is 9.37. The topological polar surface area (TPSA) is 0 Å². The van der Waals surface area contributed by atoms with Crippen LogP contribution in [0.5, 0.6) is 0 Å². The molecule has 4 saturated carbocycles. The van der Waals surface area contributed by atoms with E-state index in [2.05, 4.69) is 27.7 Å². The maximum Gasteiger partial charge on any atom is -0.0258 e. The molecular formula is C20H34. The summed E-state index contributed by atoms with van der Waals surface area (Å²) < 4.78 is 0. The summed E-state index contributed by atoms with van der Waals surface area (Å²) in [6.07, 6.45) is 13.9. The molecule has 0 aromatic carbocycles. The van der Waals surface area contributed by atoms with E-state index >= 15 is 0 Å². The van der Waals surface area contributed by atoms with E-state index in [1.807, 2.05) is 0 Å². The van der Waals surface area contributed by atoms with Crippen molar-refractivity contribution in [3.63, 3.8) is 0 Å². The average Bonchev–Trinajstić information content (AvgIpc) is 2.58. The van der Waals surface area contributed by atoms with E-state index in [9.17, 15) is 0 Å². The average molecular weight is 274 g/mol. The standard InChI is InChI=1S/C20H34/c1-14-12-20-11-8-16-18(2,3)9-5-10-19(16,4)17(20)7-6-15(14)13-20/h14-17H,5-13H2,1-4H3/t14-,15-,16+,17-,19+,20?/m1/s1. The molecule has 0 amide bonds. The number of rotatable bonds is 0. The highest BCUT2D eigenvalue weighted by Gasteiger charge is 2.63. The van der Waals surface area contributed by atoms with Crippen LogP contribution in [0.4, 0.5) is 0 Å². The molecule has 0 radical (unpaired) electrons. The highest BCUT2D eigenvalue weighted by molar-refractivity contribution is 5.12. The van der Waals surface area contributed by atoms with Crippen molar-refractivity contribution in [1.29, 1.82) is 0 Å². The molecule has 1 spiro atoms. The van der Waals surface area contributed by atoms with Gasteiger partial charge in [0.15, 0.2) is 0 Å². The fourth-order valence-electron chi connectivity index (χ4n) is 8.12. The lowest BCUT2D eigenvalue weighted by Crippen LogP contribution is -2.55. The zero-order valence-corrected chi connectivity index (χ0v) is 14.2. The molecule has 6 atom stereocenters. The van der Waals surface area contributed by atoms with Crippen LogP contribution < -0.4 is 0 Å². The first-order valence-corrected chi connectivity index (χ1v) is 9.37. The Hall–Kier alpha value is 0. The largest absolute Gasteiger partial charge is 0.0622 e. The Kier molecular flexibility index (Phi) is 2.76. The predicted molar refractivity (Wildman–Crippen MR) is 85.5 cm³/mol. The van der Waals surface area contributed by atoms with Crippen LogP contribution in [-0.4, -0.2) is 0 Å². The van der Waals surface area contributed by atoms with Crippen LogP contribution in [0.25, 0.3) is 0 Å². The summed E-state index contributed by atoms with van der Waals surface area (Å²) in [7, 11) is 0. The van der Waals surface area contributed by atoms with Crippen molar-refractivity contribution in [1.82, 2.24) is 0 Å². The van der Waals surface area contributed by atoms with Crippen LogP contribution in [-0.2, 0) is 0 Å². The fraction of sp³-hybridized carbons (Fsp3) is 1.00. The van der Waals surface area contributed by atoms with Crippen LogP contribution >= 0.6 is 0 Å². The molecule has 0 nitrogen and oxygen atoms in total. The van der Waals surface area contributed by atoms with Crippen LogP contribution in [0, 0.1) is 39.9 Å². The number of hydrogen-bond donors (Lipinski definition) is 0. The minimum Gasteiger partial charge on any atom is -0.0622 e. The summed E-state index contributed by atoms with van der Waals surface area (Å²) in [5, 5.41) is 0. The maximum atomic E-state index is 2.72. The Labute approximate surface area is 126 Å².